The molecular formula is C16H18N2O2S. The third-order valence-corrected chi connectivity index (χ3v) is 4.55. The van der Waals surface area contributed by atoms with Crippen molar-refractivity contribution >= 4 is 22.9 Å². The predicted molar refractivity (Wildman–Crippen MR) is 84.7 cm³/mol. The minimum Gasteiger partial charge on any atom is -0.497 e. The Morgan fingerprint density at radius 2 is 2.29 bits per heavy atom. The molecule has 1 atom stereocenters. The van der Waals surface area contributed by atoms with E-state index in [0.717, 1.165) is 19.4 Å². The first-order valence-corrected chi connectivity index (χ1v) is 7.91. The van der Waals surface area contributed by atoms with E-state index in [1.807, 2.05) is 4.90 Å². The number of hydrogen-bond acceptors (Lipinski definition) is 4. The molecule has 0 spiro atoms. The van der Waals surface area contributed by atoms with E-state index < -0.39 is 0 Å². The normalized spacial score (nSPS) is 18.0. The molecule has 0 bridgehead atoms. The number of anilines is 1. The van der Waals surface area contributed by atoms with Crippen LogP contribution in [0.1, 0.15) is 34.8 Å². The third-order valence-electron chi connectivity index (χ3n) is 3.85. The largest absolute Gasteiger partial charge is 0.497 e. The number of nitrogen functional groups attached to an aromatic ring is 1. The number of amides is 1. The number of benzene rings is 1. The van der Waals surface area contributed by atoms with Gasteiger partial charge < -0.3 is 15.4 Å². The van der Waals surface area contributed by atoms with Crippen LogP contribution in [0.25, 0.3) is 0 Å². The molecule has 1 unspecified atom stereocenters. The molecule has 110 valence electrons. The number of nitrogens with zero attached hydrogens (tertiary/aromatic N) is 1. The highest BCUT2D eigenvalue weighted by molar-refractivity contribution is 7.07. The van der Waals surface area contributed by atoms with Gasteiger partial charge >= 0.3 is 0 Å². The van der Waals surface area contributed by atoms with Gasteiger partial charge in [0, 0.05) is 23.9 Å². The highest BCUT2D eigenvalue weighted by Crippen LogP contribution is 2.34. The lowest BCUT2D eigenvalue weighted by Gasteiger charge is -2.24. The summed E-state index contributed by atoms with van der Waals surface area (Å²) in [6.45, 7) is 0.788. The first kappa shape index (κ1) is 13.9. The second-order valence-corrected chi connectivity index (χ2v) is 5.99. The van der Waals surface area contributed by atoms with Crippen molar-refractivity contribution < 1.29 is 9.53 Å². The van der Waals surface area contributed by atoms with Crippen LogP contribution in [0.3, 0.4) is 0 Å². The van der Waals surface area contributed by atoms with Crippen LogP contribution in [-0.4, -0.2) is 24.5 Å². The average Bonchev–Trinajstić information content (AvgIpc) is 3.16. The molecule has 2 aromatic rings. The molecule has 1 aromatic heterocycles. The van der Waals surface area contributed by atoms with Crippen molar-refractivity contribution in [2.24, 2.45) is 0 Å². The Morgan fingerprint density at radius 3 is 3.00 bits per heavy atom. The summed E-state index contributed by atoms with van der Waals surface area (Å²) in [5.41, 5.74) is 8.21. The van der Waals surface area contributed by atoms with Gasteiger partial charge in [0.25, 0.3) is 5.91 Å². The second kappa shape index (κ2) is 5.77. The highest BCUT2D eigenvalue weighted by atomic mass is 32.1. The molecule has 0 aliphatic carbocycles. The zero-order valence-electron chi connectivity index (χ0n) is 11.9. The number of rotatable bonds is 3. The number of hydrogen-bond donors (Lipinski definition) is 1. The van der Waals surface area contributed by atoms with Crippen LogP contribution in [0.5, 0.6) is 5.75 Å². The number of methoxy groups -OCH3 is 1. The molecule has 0 saturated carbocycles. The van der Waals surface area contributed by atoms with Gasteiger partial charge in [0.15, 0.2) is 0 Å². The number of ether oxygens (including phenoxy) is 1. The Kier molecular flexibility index (Phi) is 3.84. The molecule has 2 heterocycles. The van der Waals surface area contributed by atoms with Gasteiger partial charge in [0.1, 0.15) is 5.75 Å². The maximum atomic E-state index is 12.8. The Morgan fingerprint density at radius 1 is 1.43 bits per heavy atom. The number of likely N-dealkylation sites (tertiary alicyclic amines) is 1. The van der Waals surface area contributed by atoms with Crippen LogP contribution in [0.2, 0.25) is 0 Å². The van der Waals surface area contributed by atoms with E-state index in [0.29, 0.717) is 17.0 Å². The van der Waals surface area contributed by atoms with Crippen molar-refractivity contribution in [2.45, 2.75) is 18.9 Å². The van der Waals surface area contributed by atoms with Gasteiger partial charge in [-0.15, -0.1) is 0 Å². The smallest absolute Gasteiger partial charge is 0.254 e. The van der Waals surface area contributed by atoms with Gasteiger partial charge in [-0.3, -0.25) is 4.79 Å². The molecule has 21 heavy (non-hydrogen) atoms. The number of thiophene rings is 1. The van der Waals surface area contributed by atoms with Gasteiger partial charge in [-0.1, -0.05) is 0 Å². The summed E-state index contributed by atoms with van der Waals surface area (Å²) in [6, 6.07) is 7.46. The fourth-order valence-electron chi connectivity index (χ4n) is 2.85. The predicted octanol–water partition coefficient (Wildman–Crippen LogP) is 3.32. The number of carbonyl (C=O) groups is 1. The Bertz CT molecular complexity index is 640. The Labute approximate surface area is 128 Å². The molecule has 1 aliphatic rings. The lowest BCUT2D eigenvalue weighted by atomic mass is 10.1. The molecule has 2 N–H and O–H groups in total. The van der Waals surface area contributed by atoms with Crippen LogP contribution in [0.4, 0.5) is 5.69 Å². The summed E-state index contributed by atoms with van der Waals surface area (Å²) >= 11 is 1.67. The Hall–Kier alpha value is -2.01. The maximum Gasteiger partial charge on any atom is 0.254 e. The van der Waals surface area contributed by atoms with E-state index in [9.17, 15) is 4.79 Å². The molecule has 1 aliphatic heterocycles. The van der Waals surface area contributed by atoms with Gasteiger partial charge in [0.05, 0.1) is 13.2 Å². The van der Waals surface area contributed by atoms with Crippen LogP contribution in [0, 0.1) is 0 Å². The lowest BCUT2D eigenvalue weighted by Crippen LogP contribution is -2.30. The minimum atomic E-state index is 0.0225. The van der Waals surface area contributed by atoms with E-state index in [1.165, 1.54) is 5.56 Å². The zero-order valence-corrected chi connectivity index (χ0v) is 12.7. The van der Waals surface area contributed by atoms with Crippen LogP contribution >= 0.6 is 11.3 Å². The first-order valence-electron chi connectivity index (χ1n) is 6.96. The highest BCUT2D eigenvalue weighted by Gasteiger charge is 2.31. The van der Waals surface area contributed by atoms with Crippen molar-refractivity contribution in [1.29, 1.82) is 0 Å². The molecule has 5 heteroatoms. The summed E-state index contributed by atoms with van der Waals surface area (Å²) in [5.74, 6) is 0.638. The number of carbonyl (C=O) groups excluding carboxylic acids is 1. The van der Waals surface area contributed by atoms with Crippen molar-refractivity contribution in [1.82, 2.24) is 4.90 Å². The van der Waals surface area contributed by atoms with Crippen molar-refractivity contribution in [3.63, 3.8) is 0 Å². The van der Waals surface area contributed by atoms with Gasteiger partial charge in [-0.05, 0) is 47.4 Å². The minimum absolute atomic E-state index is 0.0225. The third kappa shape index (κ3) is 2.74. The van der Waals surface area contributed by atoms with Crippen molar-refractivity contribution in [3.05, 3.63) is 46.2 Å². The lowest BCUT2D eigenvalue weighted by molar-refractivity contribution is 0.0735. The Balaban J connectivity index is 1.89. The monoisotopic (exact) mass is 302 g/mol. The summed E-state index contributed by atoms with van der Waals surface area (Å²) in [4.78, 5) is 14.7. The van der Waals surface area contributed by atoms with E-state index >= 15 is 0 Å². The fourth-order valence-corrected chi connectivity index (χ4v) is 3.56. The second-order valence-electron chi connectivity index (χ2n) is 5.21. The maximum absolute atomic E-state index is 12.8. The van der Waals surface area contributed by atoms with E-state index in [-0.39, 0.29) is 11.9 Å². The summed E-state index contributed by atoms with van der Waals surface area (Å²) in [5, 5.41) is 4.18. The molecular weight excluding hydrogens is 284 g/mol. The average molecular weight is 302 g/mol. The van der Waals surface area contributed by atoms with Crippen molar-refractivity contribution in [3.8, 4) is 5.75 Å². The van der Waals surface area contributed by atoms with Gasteiger partial charge in [-0.2, -0.15) is 11.3 Å². The first-order chi connectivity index (χ1) is 10.2. The van der Waals surface area contributed by atoms with Crippen LogP contribution < -0.4 is 10.5 Å². The van der Waals surface area contributed by atoms with E-state index in [4.69, 9.17) is 10.5 Å². The SMILES string of the molecule is COc1cc(N)cc(C(=O)N2CCCC2c2ccsc2)c1. The molecule has 1 fully saturated rings. The molecule has 4 nitrogen and oxygen atoms in total. The molecule has 1 aromatic carbocycles. The number of nitrogens with two attached hydrogens (primary N) is 1. The van der Waals surface area contributed by atoms with Gasteiger partial charge in [0.2, 0.25) is 0 Å². The summed E-state index contributed by atoms with van der Waals surface area (Å²) < 4.78 is 5.20. The standard InChI is InChI=1S/C16H18N2O2S/c1-20-14-8-12(7-13(17)9-14)16(19)18-5-2-3-15(18)11-4-6-21-10-11/h4,6-10,15H,2-3,5,17H2,1H3. The molecule has 1 amide bonds. The van der Waals surface area contributed by atoms with E-state index in [2.05, 4.69) is 16.8 Å². The zero-order chi connectivity index (χ0) is 14.8. The molecule has 0 radical (unpaired) electrons. The quantitative estimate of drug-likeness (QED) is 0.885. The topological polar surface area (TPSA) is 55.6 Å². The van der Waals surface area contributed by atoms with Gasteiger partial charge in [-0.25, -0.2) is 0 Å². The van der Waals surface area contributed by atoms with Crippen molar-refractivity contribution in [2.75, 3.05) is 19.4 Å². The summed E-state index contributed by atoms with van der Waals surface area (Å²) in [7, 11) is 1.58. The summed E-state index contributed by atoms with van der Waals surface area (Å²) in [6.07, 6.45) is 2.05. The van der Waals surface area contributed by atoms with E-state index in [1.54, 1.807) is 36.6 Å². The van der Waals surface area contributed by atoms with Crippen LogP contribution in [0.15, 0.2) is 35.0 Å². The van der Waals surface area contributed by atoms with Crippen LogP contribution in [-0.2, 0) is 0 Å². The molecule has 1 saturated heterocycles. The molecule has 3 rings (SSSR count). The fraction of sp³-hybridized carbons (Fsp3) is 0.312.